The first kappa shape index (κ1) is 16.8. The number of anilines is 1. The molecule has 4 heteroatoms. The predicted octanol–water partition coefficient (Wildman–Crippen LogP) is 4.23. The van der Waals surface area contributed by atoms with Crippen LogP contribution in [0.1, 0.15) is 37.7 Å². The van der Waals surface area contributed by atoms with E-state index in [2.05, 4.69) is 44.0 Å². The number of aryl methyl sites for hydroxylation is 1. The van der Waals surface area contributed by atoms with Crippen molar-refractivity contribution >= 4 is 22.6 Å². The van der Waals surface area contributed by atoms with Crippen molar-refractivity contribution in [2.24, 2.45) is 0 Å². The van der Waals surface area contributed by atoms with Gasteiger partial charge in [-0.1, -0.05) is 45.0 Å². The summed E-state index contributed by atoms with van der Waals surface area (Å²) in [6.07, 6.45) is 0.925. The average Bonchev–Trinajstić information content (AvgIpc) is 3.15. The second-order valence-corrected chi connectivity index (χ2v) is 8.12. The van der Waals surface area contributed by atoms with E-state index in [1.807, 2.05) is 40.7 Å². The topological polar surface area (TPSA) is 38.1 Å². The van der Waals surface area contributed by atoms with Gasteiger partial charge in [0.15, 0.2) is 0 Å². The largest absolute Gasteiger partial charge is 0.319 e. The molecule has 4 nitrogen and oxygen atoms in total. The molecule has 0 bridgehead atoms. The standard InChI is InChI=1S/C22H25N3O/c1-15-23-18-7-5-6-8-20(18)25(15)14-21(26)24-12-11-16-13-17(22(2,3)4)9-10-19(16)24/h5-10,13H,11-12,14H2,1-4H3. The molecule has 1 aromatic heterocycles. The number of rotatable bonds is 2. The molecule has 1 aliphatic rings. The van der Waals surface area contributed by atoms with Crippen molar-refractivity contribution in [3.63, 3.8) is 0 Å². The first-order valence-electron chi connectivity index (χ1n) is 9.20. The summed E-state index contributed by atoms with van der Waals surface area (Å²) in [4.78, 5) is 19.5. The van der Waals surface area contributed by atoms with Gasteiger partial charge in [-0.3, -0.25) is 4.79 Å². The maximum atomic E-state index is 13.0. The molecule has 2 aromatic carbocycles. The van der Waals surface area contributed by atoms with E-state index < -0.39 is 0 Å². The average molecular weight is 347 g/mol. The fourth-order valence-corrected chi connectivity index (χ4v) is 3.74. The highest BCUT2D eigenvalue weighted by Gasteiger charge is 2.27. The zero-order valence-electron chi connectivity index (χ0n) is 15.9. The number of carbonyl (C=O) groups excluding carboxylic acids is 1. The minimum atomic E-state index is 0.124. The summed E-state index contributed by atoms with van der Waals surface area (Å²) in [6, 6.07) is 14.5. The van der Waals surface area contributed by atoms with Crippen LogP contribution in [0.5, 0.6) is 0 Å². The van der Waals surface area contributed by atoms with Crippen LogP contribution in [-0.2, 0) is 23.2 Å². The van der Waals surface area contributed by atoms with Gasteiger partial charge in [-0.2, -0.15) is 0 Å². The highest BCUT2D eigenvalue weighted by Crippen LogP contribution is 2.33. The molecular weight excluding hydrogens is 322 g/mol. The Morgan fingerprint density at radius 2 is 1.92 bits per heavy atom. The maximum Gasteiger partial charge on any atom is 0.247 e. The highest BCUT2D eigenvalue weighted by molar-refractivity contribution is 5.96. The Hall–Kier alpha value is -2.62. The van der Waals surface area contributed by atoms with Gasteiger partial charge in [0.1, 0.15) is 12.4 Å². The first-order valence-corrected chi connectivity index (χ1v) is 9.20. The molecule has 3 aromatic rings. The lowest BCUT2D eigenvalue weighted by atomic mass is 9.86. The van der Waals surface area contributed by atoms with Crippen LogP contribution in [0.4, 0.5) is 5.69 Å². The fourth-order valence-electron chi connectivity index (χ4n) is 3.74. The molecule has 4 rings (SSSR count). The van der Waals surface area contributed by atoms with E-state index >= 15 is 0 Å². The lowest BCUT2D eigenvalue weighted by Gasteiger charge is -2.22. The summed E-state index contributed by atoms with van der Waals surface area (Å²) < 4.78 is 2.01. The third-order valence-corrected chi connectivity index (χ3v) is 5.28. The fraction of sp³-hybridized carbons (Fsp3) is 0.364. The van der Waals surface area contributed by atoms with E-state index in [1.165, 1.54) is 11.1 Å². The molecule has 0 N–H and O–H groups in total. The third kappa shape index (κ3) is 2.79. The number of fused-ring (bicyclic) bond motifs is 2. The normalized spacial score (nSPS) is 14.1. The van der Waals surface area contributed by atoms with Gasteiger partial charge in [0.05, 0.1) is 11.0 Å². The van der Waals surface area contributed by atoms with Crippen molar-refractivity contribution in [2.45, 2.75) is 46.1 Å². The Balaban J connectivity index is 1.62. The van der Waals surface area contributed by atoms with Crippen LogP contribution in [0.25, 0.3) is 11.0 Å². The van der Waals surface area contributed by atoms with Gasteiger partial charge in [0.2, 0.25) is 5.91 Å². The van der Waals surface area contributed by atoms with E-state index in [0.717, 1.165) is 35.5 Å². The quantitative estimate of drug-likeness (QED) is 0.696. The smallest absolute Gasteiger partial charge is 0.247 e. The molecular formula is C22H25N3O. The molecule has 0 radical (unpaired) electrons. The van der Waals surface area contributed by atoms with Gasteiger partial charge in [-0.15, -0.1) is 0 Å². The Morgan fingerprint density at radius 1 is 1.15 bits per heavy atom. The van der Waals surface area contributed by atoms with Crippen molar-refractivity contribution in [2.75, 3.05) is 11.4 Å². The van der Waals surface area contributed by atoms with Gasteiger partial charge in [0, 0.05) is 12.2 Å². The number of amides is 1. The Kier molecular flexibility index (Phi) is 3.87. The molecule has 0 aliphatic carbocycles. The predicted molar refractivity (Wildman–Crippen MR) is 106 cm³/mol. The van der Waals surface area contributed by atoms with Gasteiger partial charge in [-0.05, 0) is 48.1 Å². The van der Waals surface area contributed by atoms with Crippen LogP contribution in [0.15, 0.2) is 42.5 Å². The SMILES string of the molecule is Cc1nc2ccccc2n1CC(=O)N1CCc2cc(C(C)(C)C)ccc21. The summed E-state index contributed by atoms with van der Waals surface area (Å²) in [5, 5.41) is 0. The lowest BCUT2D eigenvalue weighted by Crippen LogP contribution is -2.32. The summed E-state index contributed by atoms with van der Waals surface area (Å²) in [5.41, 5.74) is 5.74. The molecule has 134 valence electrons. The van der Waals surface area contributed by atoms with Crippen LogP contribution >= 0.6 is 0 Å². The number of carbonyl (C=O) groups is 1. The monoisotopic (exact) mass is 347 g/mol. The number of para-hydroxylation sites is 2. The van der Waals surface area contributed by atoms with Crippen molar-refractivity contribution < 1.29 is 4.79 Å². The van der Waals surface area contributed by atoms with Crippen LogP contribution in [-0.4, -0.2) is 22.0 Å². The number of aromatic nitrogens is 2. The molecule has 0 atom stereocenters. The number of hydrogen-bond acceptors (Lipinski definition) is 2. The van der Waals surface area contributed by atoms with E-state index in [1.54, 1.807) is 0 Å². The van der Waals surface area contributed by atoms with Crippen molar-refractivity contribution in [3.05, 3.63) is 59.4 Å². The first-order chi connectivity index (χ1) is 12.3. The van der Waals surface area contributed by atoms with E-state index in [0.29, 0.717) is 6.54 Å². The van der Waals surface area contributed by atoms with Crippen molar-refractivity contribution in [1.82, 2.24) is 9.55 Å². The van der Waals surface area contributed by atoms with Crippen molar-refractivity contribution in [3.8, 4) is 0 Å². The number of imidazole rings is 1. The molecule has 0 saturated heterocycles. The molecule has 26 heavy (non-hydrogen) atoms. The van der Waals surface area contributed by atoms with Gasteiger partial charge in [-0.25, -0.2) is 4.98 Å². The molecule has 0 fully saturated rings. The molecule has 1 aliphatic heterocycles. The molecule has 0 spiro atoms. The molecule has 1 amide bonds. The van der Waals surface area contributed by atoms with E-state index in [-0.39, 0.29) is 11.3 Å². The summed E-state index contributed by atoms with van der Waals surface area (Å²) in [7, 11) is 0. The lowest BCUT2D eigenvalue weighted by molar-refractivity contribution is -0.119. The van der Waals surface area contributed by atoms with E-state index in [9.17, 15) is 4.79 Å². The van der Waals surface area contributed by atoms with Crippen molar-refractivity contribution in [1.29, 1.82) is 0 Å². The van der Waals surface area contributed by atoms with Gasteiger partial charge < -0.3 is 9.47 Å². The zero-order chi connectivity index (χ0) is 18.5. The number of hydrogen-bond donors (Lipinski definition) is 0. The highest BCUT2D eigenvalue weighted by atomic mass is 16.2. The second-order valence-electron chi connectivity index (χ2n) is 8.12. The Bertz CT molecular complexity index is 994. The summed E-state index contributed by atoms with van der Waals surface area (Å²) >= 11 is 0. The minimum absolute atomic E-state index is 0.124. The number of benzene rings is 2. The van der Waals surface area contributed by atoms with E-state index in [4.69, 9.17) is 0 Å². The third-order valence-electron chi connectivity index (χ3n) is 5.28. The Labute approximate surface area is 154 Å². The van der Waals surface area contributed by atoms with Crippen LogP contribution in [0, 0.1) is 6.92 Å². The molecule has 0 saturated carbocycles. The van der Waals surface area contributed by atoms with Crippen LogP contribution < -0.4 is 4.90 Å². The van der Waals surface area contributed by atoms with Gasteiger partial charge in [0.25, 0.3) is 0 Å². The van der Waals surface area contributed by atoms with Gasteiger partial charge >= 0.3 is 0 Å². The molecule has 0 unspecified atom stereocenters. The maximum absolute atomic E-state index is 13.0. The number of nitrogens with zero attached hydrogens (tertiary/aromatic N) is 3. The van der Waals surface area contributed by atoms with Crippen LogP contribution in [0.2, 0.25) is 0 Å². The summed E-state index contributed by atoms with van der Waals surface area (Å²) in [5.74, 6) is 1.00. The van der Waals surface area contributed by atoms with Crippen LogP contribution in [0.3, 0.4) is 0 Å². The zero-order valence-corrected chi connectivity index (χ0v) is 15.9. The minimum Gasteiger partial charge on any atom is -0.319 e. The second kappa shape index (κ2) is 5.97. The molecule has 2 heterocycles. The summed E-state index contributed by atoms with van der Waals surface area (Å²) in [6.45, 7) is 9.71. The Morgan fingerprint density at radius 3 is 2.69 bits per heavy atom.